The van der Waals surface area contributed by atoms with Crippen LogP contribution in [0.3, 0.4) is 0 Å². The molecule has 0 unspecified atom stereocenters. The molecule has 0 radical (unpaired) electrons. The Hall–Kier alpha value is -1.98. The number of amides is 1. The highest BCUT2D eigenvalue weighted by Crippen LogP contribution is 2.24. The van der Waals surface area contributed by atoms with E-state index >= 15 is 0 Å². The Balaban J connectivity index is 1.90. The van der Waals surface area contributed by atoms with Crippen molar-refractivity contribution in [3.05, 3.63) is 58.0 Å². The van der Waals surface area contributed by atoms with Gasteiger partial charge < -0.3 is 14.5 Å². The summed E-state index contributed by atoms with van der Waals surface area (Å²) in [5.41, 5.74) is 0.0396. The monoisotopic (exact) mass is 341 g/mol. The van der Waals surface area contributed by atoms with Crippen LogP contribution >= 0.6 is 23.2 Å². The first-order chi connectivity index (χ1) is 10.5. The van der Waals surface area contributed by atoms with Crippen molar-refractivity contribution in [3.63, 3.8) is 0 Å². The van der Waals surface area contributed by atoms with E-state index < -0.39 is 18.5 Å². The van der Waals surface area contributed by atoms with Crippen molar-refractivity contribution in [1.29, 1.82) is 0 Å². The highest BCUT2D eigenvalue weighted by molar-refractivity contribution is 6.39. The Labute approximate surface area is 137 Å². The fourth-order valence-corrected chi connectivity index (χ4v) is 2.34. The molecule has 0 saturated carbocycles. The summed E-state index contributed by atoms with van der Waals surface area (Å²) in [5, 5.41) is 2.98. The van der Waals surface area contributed by atoms with E-state index in [2.05, 4.69) is 5.32 Å². The van der Waals surface area contributed by atoms with Crippen LogP contribution in [0.5, 0.6) is 0 Å². The average molecular weight is 342 g/mol. The van der Waals surface area contributed by atoms with Gasteiger partial charge in [0.2, 0.25) is 0 Å². The number of nitrogens with one attached hydrogen (secondary N) is 1. The zero-order chi connectivity index (χ0) is 16.1. The minimum absolute atomic E-state index is 0.0396. The second-order valence-electron chi connectivity index (χ2n) is 4.48. The van der Waals surface area contributed by atoms with Crippen LogP contribution in [0.2, 0.25) is 10.0 Å². The molecule has 2 rings (SSSR count). The highest BCUT2D eigenvalue weighted by atomic mass is 35.5. The summed E-state index contributed by atoms with van der Waals surface area (Å²) >= 11 is 11.8. The summed E-state index contributed by atoms with van der Waals surface area (Å²) in [6.45, 7) is 1.31. The third-order valence-electron chi connectivity index (χ3n) is 2.85. The summed E-state index contributed by atoms with van der Waals surface area (Å²) < 4.78 is 10.1. The van der Waals surface area contributed by atoms with E-state index in [1.165, 1.54) is 18.4 Å². The third-order valence-corrected chi connectivity index (χ3v) is 3.48. The number of benzene rings is 1. The van der Waals surface area contributed by atoms with Gasteiger partial charge in [-0.25, -0.2) is 4.79 Å². The Bertz CT molecular complexity index is 650. The third kappa shape index (κ3) is 4.02. The summed E-state index contributed by atoms with van der Waals surface area (Å²) in [5.74, 6) is -0.606. The lowest BCUT2D eigenvalue weighted by Crippen LogP contribution is -2.31. The van der Waals surface area contributed by atoms with Gasteiger partial charge in [-0.05, 0) is 31.2 Å². The Morgan fingerprint density at radius 3 is 2.50 bits per heavy atom. The number of carbonyl (C=O) groups excluding carboxylic acids is 2. The smallest absolute Gasteiger partial charge is 0.341 e. The zero-order valence-corrected chi connectivity index (χ0v) is 13.1. The van der Waals surface area contributed by atoms with Gasteiger partial charge in [0.05, 0.1) is 27.9 Å². The number of hydrogen-bond acceptors (Lipinski definition) is 4. The van der Waals surface area contributed by atoms with Crippen LogP contribution in [-0.2, 0) is 9.53 Å². The molecule has 1 aromatic heterocycles. The Morgan fingerprint density at radius 2 is 1.91 bits per heavy atom. The molecule has 7 heteroatoms. The largest absolute Gasteiger partial charge is 0.467 e. The van der Waals surface area contributed by atoms with Crippen LogP contribution in [0.25, 0.3) is 0 Å². The summed E-state index contributed by atoms with van der Waals surface area (Å²) in [4.78, 5) is 23.7. The molecular formula is C15H13Cl2NO4. The SMILES string of the molecule is C[C@H](NC(=O)COC(=O)c1c(Cl)cccc1Cl)c1ccco1. The molecule has 116 valence electrons. The molecule has 0 aliphatic heterocycles. The molecule has 0 spiro atoms. The second kappa shape index (κ2) is 7.33. The van der Waals surface area contributed by atoms with Crippen molar-refractivity contribution in [2.75, 3.05) is 6.61 Å². The average Bonchev–Trinajstić information content (AvgIpc) is 2.99. The van der Waals surface area contributed by atoms with Gasteiger partial charge in [-0.2, -0.15) is 0 Å². The molecular weight excluding hydrogens is 329 g/mol. The van der Waals surface area contributed by atoms with Crippen molar-refractivity contribution < 1.29 is 18.7 Å². The maximum absolute atomic E-state index is 11.9. The van der Waals surface area contributed by atoms with Crippen molar-refractivity contribution in [1.82, 2.24) is 5.32 Å². The molecule has 0 fully saturated rings. The van der Waals surface area contributed by atoms with E-state index in [-0.39, 0.29) is 21.7 Å². The van der Waals surface area contributed by atoms with Gasteiger partial charge in [-0.15, -0.1) is 0 Å². The number of carbonyl (C=O) groups is 2. The summed E-state index contributed by atoms with van der Waals surface area (Å²) in [7, 11) is 0. The van der Waals surface area contributed by atoms with Gasteiger partial charge in [-0.3, -0.25) is 4.79 Å². The molecule has 1 atom stereocenters. The van der Waals surface area contributed by atoms with E-state index in [9.17, 15) is 9.59 Å². The van der Waals surface area contributed by atoms with Crippen LogP contribution in [0.4, 0.5) is 0 Å². The van der Waals surface area contributed by atoms with Crippen molar-refractivity contribution in [3.8, 4) is 0 Å². The lowest BCUT2D eigenvalue weighted by atomic mass is 10.2. The number of ether oxygens (including phenoxy) is 1. The molecule has 0 bridgehead atoms. The minimum Gasteiger partial charge on any atom is -0.467 e. The van der Waals surface area contributed by atoms with Gasteiger partial charge in [0.25, 0.3) is 5.91 Å². The van der Waals surface area contributed by atoms with Gasteiger partial charge in [0.15, 0.2) is 6.61 Å². The first-order valence-corrected chi connectivity index (χ1v) is 7.18. The molecule has 1 aromatic carbocycles. The van der Waals surface area contributed by atoms with Gasteiger partial charge in [-0.1, -0.05) is 29.3 Å². The molecule has 1 amide bonds. The fourth-order valence-electron chi connectivity index (χ4n) is 1.79. The molecule has 22 heavy (non-hydrogen) atoms. The van der Waals surface area contributed by atoms with Crippen molar-refractivity contribution >= 4 is 35.1 Å². The van der Waals surface area contributed by atoms with Crippen LogP contribution in [0.15, 0.2) is 41.0 Å². The number of halogens is 2. The van der Waals surface area contributed by atoms with E-state index in [4.69, 9.17) is 32.4 Å². The van der Waals surface area contributed by atoms with E-state index in [0.717, 1.165) is 0 Å². The highest BCUT2D eigenvalue weighted by Gasteiger charge is 2.18. The predicted molar refractivity (Wildman–Crippen MR) is 82.0 cm³/mol. The first-order valence-electron chi connectivity index (χ1n) is 6.43. The van der Waals surface area contributed by atoms with Crippen LogP contribution in [0.1, 0.15) is 29.1 Å². The number of hydrogen-bond donors (Lipinski definition) is 1. The predicted octanol–water partition coefficient (Wildman–Crippen LogP) is 3.62. The van der Waals surface area contributed by atoms with Crippen LogP contribution in [0, 0.1) is 0 Å². The molecule has 2 aromatic rings. The molecule has 5 nitrogen and oxygen atoms in total. The van der Waals surface area contributed by atoms with Gasteiger partial charge in [0, 0.05) is 0 Å². The summed E-state index contributed by atoms with van der Waals surface area (Å²) in [6, 6.07) is 7.77. The quantitative estimate of drug-likeness (QED) is 0.843. The van der Waals surface area contributed by atoms with Gasteiger partial charge in [0.1, 0.15) is 5.76 Å². The topological polar surface area (TPSA) is 68.5 Å². The minimum atomic E-state index is -0.753. The fraction of sp³-hybridized carbons (Fsp3) is 0.200. The molecule has 0 saturated heterocycles. The molecule has 0 aliphatic rings. The molecule has 1 N–H and O–H groups in total. The van der Waals surface area contributed by atoms with Crippen molar-refractivity contribution in [2.24, 2.45) is 0 Å². The summed E-state index contributed by atoms with van der Waals surface area (Å²) in [6.07, 6.45) is 1.51. The maximum Gasteiger partial charge on any atom is 0.341 e. The standard InChI is InChI=1S/C15H13Cl2NO4/c1-9(12-6-3-7-21-12)18-13(19)8-22-15(20)14-10(16)4-2-5-11(14)17/h2-7,9H,8H2,1H3,(H,18,19)/t9-/m0/s1. The lowest BCUT2D eigenvalue weighted by molar-refractivity contribution is -0.125. The van der Waals surface area contributed by atoms with Crippen LogP contribution < -0.4 is 5.32 Å². The number of esters is 1. The van der Waals surface area contributed by atoms with Crippen LogP contribution in [-0.4, -0.2) is 18.5 Å². The second-order valence-corrected chi connectivity index (χ2v) is 5.29. The lowest BCUT2D eigenvalue weighted by Gasteiger charge is -2.12. The van der Waals surface area contributed by atoms with E-state index in [0.29, 0.717) is 5.76 Å². The Morgan fingerprint density at radius 1 is 1.23 bits per heavy atom. The zero-order valence-electron chi connectivity index (χ0n) is 11.6. The first kappa shape index (κ1) is 16.4. The normalized spacial score (nSPS) is 11.8. The number of rotatable bonds is 5. The van der Waals surface area contributed by atoms with Crippen molar-refractivity contribution in [2.45, 2.75) is 13.0 Å². The Kier molecular flexibility index (Phi) is 5.46. The van der Waals surface area contributed by atoms with E-state index in [1.54, 1.807) is 25.1 Å². The van der Waals surface area contributed by atoms with E-state index in [1.807, 2.05) is 0 Å². The van der Waals surface area contributed by atoms with Gasteiger partial charge >= 0.3 is 5.97 Å². The maximum atomic E-state index is 11.9. The molecule has 1 heterocycles. The number of furan rings is 1. The molecule has 0 aliphatic carbocycles.